The first-order valence-electron chi connectivity index (χ1n) is 6.14. The number of nitrogens with zero attached hydrogens (tertiary/aromatic N) is 3. The Kier molecular flexibility index (Phi) is 4.28. The van der Waals surface area contributed by atoms with Crippen molar-refractivity contribution < 1.29 is 14.3 Å². The zero-order valence-corrected chi connectivity index (χ0v) is 11.1. The molecule has 19 heavy (non-hydrogen) atoms. The molecule has 0 radical (unpaired) electrons. The summed E-state index contributed by atoms with van der Waals surface area (Å²) >= 11 is 0. The number of carbonyl (C=O) groups excluding carboxylic acids is 1. The summed E-state index contributed by atoms with van der Waals surface area (Å²) in [5.74, 6) is 0.142. The molecule has 0 amide bonds. The number of esters is 1. The molecule has 0 aromatic carbocycles. The molecule has 1 aliphatic rings. The third kappa shape index (κ3) is 3.18. The lowest BCUT2D eigenvalue weighted by Crippen LogP contribution is -2.50. The van der Waals surface area contributed by atoms with Gasteiger partial charge in [-0.25, -0.2) is 9.78 Å². The highest BCUT2D eigenvalue weighted by Crippen LogP contribution is 2.16. The lowest BCUT2D eigenvalue weighted by Gasteiger charge is -2.35. The second-order valence-electron chi connectivity index (χ2n) is 4.47. The SMILES string of the molecule is COC(=O)c1cncc(N2CCOC(C(C)N)C2)n1. The monoisotopic (exact) mass is 266 g/mol. The van der Waals surface area contributed by atoms with Gasteiger partial charge < -0.3 is 20.1 Å². The van der Waals surface area contributed by atoms with Crippen molar-refractivity contribution in [3.8, 4) is 0 Å². The van der Waals surface area contributed by atoms with Gasteiger partial charge in [-0.05, 0) is 6.92 Å². The summed E-state index contributed by atoms with van der Waals surface area (Å²) in [5, 5.41) is 0. The molecule has 1 saturated heterocycles. The number of methoxy groups -OCH3 is 1. The van der Waals surface area contributed by atoms with Crippen LogP contribution in [0.1, 0.15) is 17.4 Å². The van der Waals surface area contributed by atoms with Crippen LogP contribution in [0.4, 0.5) is 5.82 Å². The van der Waals surface area contributed by atoms with Gasteiger partial charge in [-0.3, -0.25) is 4.98 Å². The molecule has 1 fully saturated rings. The number of carbonyl (C=O) groups is 1. The Morgan fingerprint density at radius 2 is 2.42 bits per heavy atom. The summed E-state index contributed by atoms with van der Waals surface area (Å²) in [4.78, 5) is 21.7. The summed E-state index contributed by atoms with van der Waals surface area (Å²) in [6.45, 7) is 3.82. The Labute approximate surface area is 111 Å². The van der Waals surface area contributed by atoms with Gasteiger partial charge in [0.2, 0.25) is 0 Å². The number of morpholine rings is 1. The average Bonchev–Trinajstić information content (AvgIpc) is 2.46. The van der Waals surface area contributed by atoms with Gasteiger partial charge >= 0.3 is 5.97 Å². The highest BCUT2D eigenvalue weighted by Gasteiger charge is 2.25. The standard InChI is InChI=1S/C12H18N4O3/c1-8(13)10-7-16(3-4-19-10)11-6-14-5-9(15-11)12(17)18-2/h5-6,8,10H,3-4,7,13H2,1-2H3. The third-order valence-electron chi connectivity index (χ3n) is 3.02. The molecule has 2 heterocycles. The highest BCUT2D eigenvalue weighted by atomic mass is 16.5. The molecule has 2 N–H and O–H groups in total. The largest absolute Gasteiger partial charge is 0.464 e. The number of aromatic nitrogens is 2. The number of nitrogens with two attached hydrogens (primary N) is 1. The fourth-order valence-corrected chi connectivity index (χ4v) is 1.91. The molecular formula is C12H18N4O3. The first-order valence-corrected chi connectivity index (χ1v) is 6.14. The predicted octanol–water partition coefficient (Wildman–Crippen LogP) is -0.184. The van der Waals surface area contributed by atoms with Gasteiger partial charge in [0.1, 0.15) is 5.82 Å². The van der Waals surface area contributed by atoms with E-state index in [1.807, 2.05) is 11.8 Å². The van der Waals surface area contributed by atoms with Crippen LogP contribution in [0.15, 0.2) is 12.4 Å². The van der Waals surface area contributed by atoms with Crippen LogP contribution in [0.2, 0.25) is 0 Å². The van der Waals surface area contributed by atoms with E-state index in [0.717, 1.165) is 0 Å². The lowest BCUT2D eigenvalue weighted by molar-refractivity contribution is 0.0273. The van der Waals surface area contributed by atoms with E-state index < -0.39 is 5.97 Å². The van der Waals surface area contributed by atoms with Crippen molar-refractivity contribution in [3.63, 3.8) is 0 Å². The Balaban J connectivity index is 2.15. The van der Waals surface area contributed by atoms with E-state index in [4.69, 9.17) is 10.5 Å². The number of hydrogen-bond acceptors (Lipinski definition) is 7. The van der Waals surface area contributed by atoms with E-state index in [1.165, 1.54) is 13.3 Å². The molecule has 104 valence electrons. The van der Waals surface area contributed by atoms with Crippen LogP contribution in [0.5, 0.6) is 0 Å². The maximum atomic E-state index is 11.4. The van der Waals surface area contributed by atoms with Crippen molar-refractivity contribution >= 4 is 11.8 Å². The number of ether oxygens (including phenoxy) is 2. The van der Waals surface area contributed by atoms with E-state index in [-0.39, 0.29) is 17.8 Å². The smallest absolute Gasteiger partial charge is 0.358 e. The van der Waals surface area contributed by atoms with Crippen molar-refractivity contribution in [1.82, 2.24) is 9.97 Å². The molecule has 2 rings (SSSR count). The summed E-state index contributed by atoms with van der Waals surface area (Å²) < 4.78 is 10.2. The van der Waals surface area contributed by atoms with Crippen molar-refractivity contribution in [2.24, 2.45) is 5.73 Å². The van der Waals surface area contributed by atoms with E-state index in [2.05, 4.69) is 14.7 Å². The van der Waals surface area contributed by atoms with E-state index in [1.54, 1.807) is 6.20 Å². The fraction of sp³-hybridized carbons (Fsp3) is 0.583. The summed E-state index contributed by atoms with van der Waals surface area (Å²) in [6, 6.07) is -0.0560. The van der Waals surface area contributed by atoms with E-state index in [9.17, 15) is 4.79 Å². The molecule has 1 aromatic rings. The Hall–Kier alpha value is -1.73. The molecule has 7 heteroatoms. The van der Waals surface area contributed by atoms with Crippen LogP contribution in [0.3, 0.4) is 0 Å². The van der Waals surface area contributed by atoms with Crippen LogP contribution in [-0.4, -0.2) is 54.9 Å². The van der Waals surface area contributed by atoms with Crippen molar-refractivity contribution in [2.75, 3.05) is 31.7 Å². The van der Waals surface area contributed by atoms with Crippen LogP contribution >= 0.6 is 0 Å². The Morgan fingerprint density at radius 3 is 3.11 bits per heavy atom. The summed E-state index contributed by atoms with van der Waals surface area (Å²) in [7, 11) is 1.32. The molecule has 1 aliphatic heterocycles. The Morgan fingerprint density at radius 1 is 1.63 bits per heavy atom. The highest BCUT2D eigenvalue weighted by molar-refractivity contribution is 5.87. The summed E-state index contributed by atoms with van der Waals surface area (Å²) in [6.07, 6.45) is 2.96. The first kappa shape index (κ1) is 13.7. The minimum Gasteiger partial charge on any atom is -0.464 e. The first-order chi connectivity index (χ1) is 9.11. The van der Waals surface area contributed by atoms with Gasteiger partial charge in [-0.15, -0.1) is 0 Å². The molecule has 7 nitrogen and oxygen atoms in total. The molecule has 2 atom stereocenters. The van der Waals surface area contributed by atoms with Crippen LogP contribution in [-0.2, 0) is 9.47 Å². The second kappa shape index (κ2) is 5.94. The maximum Gasteiger partial charge on any atom is 0.358 e. The Bertz CT molecular complexity index is 452. The van der Waals surface area contributed by atoms with Crippen LogP contribution in [0.25, 0.3) is 0 Å². The van der Waals surface area contributed by atoms with Gasteiger partial charge in [0.05, 0.1) is 32.2 Å². The molecule has 0 spiro atoms. The normalized spacial score (nSPS) is 21.0. The molecule has 0 aliphatic carbocycles. The minimum atomic E-state index is -0.494. The van der Waals surface area contributed by atoms with Crippen molar-refractivity contribution in [3.05, 3.63) is 18.1 Å². The van der Waals surface area contributed by atoms with Gasteiger partial charge in [-0.2, -0.15) is 0 Å². The molecule has 0 saturated carbocycles. The average molecular weight is 266 g/mol. The molecule has 1 aromatic heterocycles. The van der Waals surface area contributed by atoms with E-state index >= 15 is 0 Å². The lowest BCUT2D eigenvalue weighted by atomic mass is 10.1. The molecule has 0 bridgehead atoms. The molecular weight excluding hydrogens is 248 g/mol. The zero-order chi connectivity index (χ0) is 13.8. The third-order valence-corrected chi connectivity index (χ3v) is 3.02. The van der Waals surface area contributed by atoms with Crippen molar-refractivity contribution in [1.29, 1.82) is 0 Å². The topological polar surface area (TPSA) is 90.6 Å². The summed E-state index contributed by atoms with van der Waals surface area (Å²) in [5.41, 5.74) is 6.04. The minimum absolute atomic E-state index is 0.0441. The zero-order valence-electron chi connectivity index (χ0n) is 11.1. The van der Waals surface area contributed by atoms with Gasteiger partial charge in [-0.1, -0.05) is 0 Å². The van der Waals surface area contributed by atoms with Gasteiger partial charge in [0, 0.05) is 19.1 Å². The number of rotatable bonds is 3. The van der Waals surface area contributed by atoms with Gasteiger partial charge in [0.15, 0.2) is 5.69 Å². The van der Waals surface area contributed by atoms with Crippen molar-refractivity contribution in [2.45, 2.75) is 19.1 Å². The van der Waals surface area contributed by atoms with Gasteiger partial charge in [0.25, 0.3) is 0 Å². The predicted molar refractivity (Wildman–Crippen MR) is 69.0 cm³/mol. The van der Waals surface area contributed by atoms with E-state index in [0.29, 0.717) is 25.5 Å². The second-order valence-corrected chi connectivity index (χ2v) is 4.47. The quantitative estimate of drug-likeness (QED) is 0.758. The number of hydrogen-bond donors (Lipinski definition) is 1. The fourth-order valence-electron chi connectivity index (χ4n) is 1.91. The maximum absolute atomic E-state index is 11.4. The van der Waals surface area contributed by atoms with Crippen LogP contribution in [0, 0.1) is 0 Å². The molecule has 2 unspecified atom stereocenters. The van der Waals surface area contributed by atoms with Crippen LogP contribution < -0.4 is 10.6 Å². The number of anilines is 1.